The minimum Gasteiger partial charge on any atom is -0.332 e. The number of aromatic nitrogens is 1. The van der Waals surface area contributed by atoms with Crippen LogP contribution in [0.25, 0.3) is 6.08 Å². The zero-order valence-electron chi connectivity index (χ0n) is 20.0. The molecule has 1 aliphatic carbocycles. The predicted octanol–water partition coefficient (Wildman–Crippen LogP) is 6.07. The minimum atomic E-state index is -0.527. The molecule has 3 aliphatic rings. The molecule has 1 aromatic carbocycles. The highest BCUT2D eigenvalue weighted by atomic mass is 32.2. The van der Waals surface area contributed by atoms with Crippen molar-refractivity contribution in [2.75, 3.05) is 18.4 Å². The number of aliphatic imine (C=N–C) groups is 1. The van der Waals surface area contributed by atoms with Crippen molar-refractivity contribution >= 4 is 51.9 Å². The van der Waals surface area contributed by atoms with Crippen LogP contribution in [0.1, 0.15) is 61.6 Å². The summed E-state index contributed by atoms with van der Waals surface area (Å²) in [7, 11) is 0. The van der Waals surface area contributed by atoms with Gasteiger partial charge in [0.15, 0.2) is 5.13 Å². The van der Waals surface area contributed by atoms with E-state index in [1.54, 1.807) is 23.3 Å². The molecule has 1 spiro atoms. The number of rotatable bonds is 6. The van der Waals surface area contributed by atoms with E-state index in [-0.39, 0.29) is 5.91 Å². The lowest BCUT2D eigenvalue weighted by Gasteiger charge is -2.34. The van der Waals surface area contributed by atoms with Crippen LogP contribution in [-0.2, 0) is 4.79 Å². The summed E-state index contributed by atoms with van der Waals surface area (Å²) < 4.78 is 2.35. The molecule has 0 bridgehead atoms. The number of thiazole rings is 1. The molecule has 0 radical (unpaired) electrons. The Kier molecular flexibility index (Phi) is 7.09. The molecule has 5 rings (SSSR count). The van der Waals surface area contributed by atoms with E-state index in [4.69, 9.17) is 4.99 Å². The molecule has 3 heterocycles. The highest BCUT2D eigenvalue weighted by Gasteiger charge is 2.46. The molecular formula is C26H33N5OS2. The van der Waals surface area contributed by atoms with Crippen molar-refractivity contribution in [1.29, 1.82) is 0 Å². The minimum absolute atomic E-state index is 0.131. The van der Waals surface area contributed by atoms with Crippen molar-refractivity contribution in [3.8, 4) is 0 Å². The van der Waals surface area contributed by atoms with Gasteiger partial charge in [-0.1, -0.05) is 31.2 Å². The molecule has 1 amide bonds. The first-order chi connectivity index (χ1) is 16.5. The Balaban J connectivity index is 1.17. The largest absolute Gasteiger partial charge is 0.332 e. The third kappa shape index (κ3) is 5.09. The molecule has 0 atom stereocenters. The average Bonchev–Trinajstić information content (AvgIpc) is 3.46. The molecule has 0 unspecified atom stereocenters. The lowest BCUT2D eigenvalue weighted by atomic mass is 9.88. The topological polar surface area (TPSA) is 69.6 Å². The summed E-state index contributed by atoms with van der Waals surface area (Å²) in [5.41, 5.74) is 4.27. The number of benzene rings is 1. The van der Waals surface area contributed by atoms with Gasteiger partial charge in [-0.25, -0.2) is 9.29 Å². The van der Waals surface area contributed by atoms with E-state index in [0.29, 0.717) is 5.92 Å². The first kappa shape index (κ1) is 23.6. The van der Waals surface area contributed by atoms with E-state index in [2.05, 4.69) is 57.4 Å². The Bertz CT molecular complexity index is 1060. The van der Waals surface area contributed by atoms with Crippen LogP contribution in [0, 0.1) is 19.8 Å². The maximum atomic E-state index is 12.8. The first-order valence-corrected chi connectivity index (χ1v) is 14.0. The summed E-state index contributed by atoms with van der Waals surface area (Å²) in [6.45, 7) is 6.04. The number of hydrogen-bond acceptors (Lipinski definition) is 7. The summed E-state index contributed by atoms with van der Waals surface area (Å²) in [6.07, 6.45) is 11.8. The van der Waals surface area contributed by atoms with Crippen molar-refractivity contribution in [1.82, 2.24) is 14.6 Å². The van der Waals surface area contributed by atoms with Crippen LogP contribution in [0.2, 0.25) is 0 Å². The molecule has 2 N–H and O–H groups in total. The summed E-state index contributed by atoms with van der Waals surface area (Å²) >= 11 is 3.34. The molecule has 2 fully saturated rings. The summed E-state index contributed by atoms with van der Waals surface area (Å²) in [5.74, 6) is 1.57. The zero-order chi connectivity index (χ0) is 23.5. The molecule has 8 heteroatoms. The van der Waals surface area contributed by atoms with Gasteiger partial charge in [0.05, 0.1) is 0 Å². The van der Waals surface area contributed by atoms with Crippen molar-refractivity contribution in [2.45, 2.75) is 64.3 Å². The Morgan fingerprint density at radius 2 is 1.91 bits per heavy atom. The molecule has 2 aromatic rings. The van der Waals surface area contributed by atoms with Gasteiger partial charge in [-0.15, -0.1) is 11.3 Å². The lowest BCUT2D eigenvalue weighted by Crippen LogP contribution is -2.47. The summed E-state index contributed by atoms with van der Waals surface area (Å²) in [4.78, 5) is 22.1. The standard InChI is InChI=1S/C26H33N5OS2/c1-18-16-21(28-25-27-11-15-33-25)17-19(2)22(18)8-14-34-31-12-9-26(10-13-31)24(32)29-23(30-26)20-6-4-3-5-7-20/h8,11,14-17,20H,3-7,9-10,12-13H2,1-2H3,(H,27,28)(H,29,30,32)/b14-8+. The van der Waals surface area contributed by atoms with Gasteiger partial charge >= 0.3 is 0 Å². The number of nitrogens with one attached hydrogen (secondary N) is 2. The fourth-order valence-electron chi connectivity index (χ4n) is 5.31. The van der Waals surface area contributed by atoms with Crippen molar-refractivity contribution in [3.63, 3.8) is 0 Å². The molecule has 1 saturated heterocycles. The lowest BCUT2D eigenvalue weighted by molar-refractivity contribution is -0.124. The third-order valence-electron chi connectivity index (χ3n) is 7.26. The maximum absolute atomic E-state index is 12.8. The van der Waals surface area contributed by atoms with E-state index < -0.39 is 5.54 Å². The zero-order valence-corrected chi connectivity index (χ0v) is 21.6. The Hall–Kier alpha value is -2.16. The second-order valence-corrected chi connectivity index (χ2v) is 11.5. The first-order valence-electron chi connectivity index (χ1n) is 12.3. The molecule has 2 aliphatic heterocycles. The van der Waals surface area contributed by atoms with E-state index in [1.165, 1.54) is 48.8 Å². The van der Waals surface area contributed by atoms with Crippen LogP contribution in [0.4, 0.5) is 10.8 Å². The normalized spacial score (nSPS) is 21.2. The summed E-state index contributed by atoms with van der Waals surface area (Å²) in [6, 6.07) is 4.34. The highest BCUT2D eigenvalue weighted by Crippen LogP contribution is 2.36. The molecule has 1 aromatic heterocycles. The van der Waals surface area contributed by atoms with E-state index in [1.807, 2.05) is 11.6 Å². The Morgan fingerprint density at radius 1 is 1.18 bits per heavy atom. The van der Waals surface area contributed by atoms with Crippen LogP contribution in [0.3, 0.4) is 0 Å². The van der Waals surface area contributed by atoms with Gasteiger partial charge in [0.1, 0.15) is 11.4 Å². The maximum Gasteiger partial charge on any atom is 0.253 e. The predicted molar refractivity (Wildman–Crippen MR) is 144 cm³/mol. The van der Waals surface area contributed by atoms with E-state index in [9.17, 15) is 4.79 Å². The molecule has 1 saturated carbocycles. The van der Waals surface area contributed by atoms with Gasteiger partial charge in [0.2, 0.25) is 0 Å². The van der Waals surface area contributed by atoms with Crippen molar-refractivity contribution in [2.24, 2.45) is 10.9 Å². The van der Waals surface area contributed by atoms with Gasteiger partial charge in [-0.05, 0) is 79.8 Å². The highest BCUT2D eigenvalue weighted by molar-refractivity contribution is 8.00. The molecule has 180 valence electrons. The average molecular weight is 496 g/mol. The Morgan fingerprint density at radius 3 is 2.59 bits per heavy atom. The smallest absolute Gasteiger partial charge is 0.253 e. The number of anilines is 2. The van der Waals surface area contributed by atoms with Crippen LogP contribution < -0.4 is 10.6 Å². The number of aryl methyl sites for hydroxylation is 2. The number of hydrogen-bond donors (Lipinski definition) is 2. The van der Waals surface area contributed by atoms with Gasteiger partial charge < -0.3 is 10.6 Å². The van der Waals surface area contributed by atoms with Gasteiger partial charge in [0, 0.05) is 36.3 Å². The fourth-order valence-corrected chi connectivity index (χ4v) is 6.63. The number of piperidine rings is 1. The SMILES string of the molecule is Cc1cc(Nc2nccs2)cc(C)c1/C=C/SN1CCC2(CC1)N=C(C1CCCCC1)NC2=O. The van der Waals surface area contributed by atoms with Gasteiger partial charge in [0.25, 0.3) is 5.91 Å². The second kappa shape index (κ2) is 10.2. The number of nitrogens with zero attached hydrogens (tertiary/aromatic N) is 3. The van der Waals surface area contributed by atoms with Crippen molar-refractivity contribution in [3.05, 3.63) is 45.8 Å². The van der Waals surface area contributed by atoms with E-state index in [0.717, 1.165) is 42.6 Å². The molecular weight excluding hydrogens is 462 g/mol. The molecule has 6 nitrogen and oxygen atoms in total. The van der Waals surface area contributed by atoms with E-state index >= 15 is 0 Å². The number of amides is 1. The quantitative estimate of drug-likeness (QED) is 0.476. The van der Waals surface area contributed by atoms with Crippen LogP contribution in [0.5, 0.6) is 0 Å². The van der Waals surface area contributed by atoms with Gasteiger partial charge in [-0.2, -0.15) is 0 Å². The third-order valence-corrected chi connectivity index (χ3v) is 8.87. The number of amidine groups is 1. The second-order valence-electron chi connectivity index (χ2n) is 9.64. The molecule has 34 heavy (non-hydrogen) atoms. The van der Waals surface area contributed by atoms with Crippen LogP contribution in [-0.4, -0.2) is 39.7 Å². The van der Waals surface area contributed by atoms with Crippen LogP contribution in [0.15, 0.2) is 34.1 Å². The van der Waals surface area contributed by atoms with Crippen molar-refractivity contribution < 1.29 is 4.79 Å². The summed E-state index contributed by atoms with van der Waals surface area (Å²) in [5, 5.41) is 11.6. The monoisotopic (exact) mass is 495 g/mol. The number of carbonyl (C=O) groups is 1. The van der Waals surface area contributed by atoms with Gasteiger partial charge in [-0.3, -0.25) is 9.79 Å². The van der Waals surface area contributed by atoms with Crippen LogP contribution >= 0.6 is 23.3 Å². The fraction of sp³-hybridized carbons (Fsp3) is 0.500. The number of carbonyl (C=O) groups excluding carboxylic acids is 1. The Labute approximate surface area is 210 Å².